The third-order valence-corrected chi connectivity index (χ3v) is 4.08. The number of nitrogens with zero attached hydrogens (tertiary/aromatic N) is 4. The summed E-state index contributed by atoms with van der Waals surface area (Å²) in [5, 5.41) is 7.26. The minimum atomic E-state index is -0.00355. The fourth-order valence-electron chi connectivity index (χ4n) is 2.99. The van der Waals surface area contributed by atoms with Gasteiger partial charge in [-0.1, -0.05) is 5.16 Å². The number of rotatable bonds is 4. The van der Waals surface area contributed by atoms with Crippen LogP contribution in [0, 0.1) is 6.92 Å². The molecule has 0 saturated carbocycles. The van der Waals surface area contributed by atoms with Crippen LogP contribution in [0.15, 0.2) is 22.9 Å². The van der Waals surface area contributed by atoms with E-state index in [9.17, 15) is 4.79 Å². The number of aryl methyl sites for hydroxylation is 1. The van der Waals surface area contributed by atoms with Gasteiger partial charge in [0.2, 0.25) is 5.89 Å². The van der Waals surface area contributed by atoms with Crippen molar-refractivity contribution in [2.45, 2.75) is 45.6 Å². The number of aromatic nitrogens is 3. The van der Waals surface area contributed by atoms with Gasteiger partial charge < -0.3 is 14.7 Å². The number of nitrogens with one attached hydrogen (secondary N) is 1. The molecule has 7 nitrogen and oxygen atoms in total. The molecule has 2 aromatic rings. The smallest absolute Gasteiger partial charge is 0.257 e. The summed E-state index contributed by atoms with van der Waals surface area (Å²) in [6.07, 6.45) is 3.59. The Kier molecular flexibility index (Phi) is 4.78. The third kappa shape index (κ3) is 3.55. The van der Waals surface area contributed by atoms with Crippen molar-refractivity contribution in [3.63, 3.8) is 0 Å². The van der Waals surface area contributed by atoms with Gasteiger partial charge in [0, 0.05) is 38.2 Å². The zero-order chi connectivity index (χ0) is 17.1. The largest absolute Gasteiger partial charge is 0.367 e. The molecule has 24 heavy (non-hydrogen) atoms. The lowest BCUT2D eigenvalue weighted by molar-refractivity contribution is 0.0704. The van der Waals surface area contributed by atoms with Crippen LogP contribution in [0.3, 0.4) is 0 Å². The molecule has 1 aliphatic heterocycles. The molecule has 3 rings (SSSR count). The van der Waals surface area contributed by atoms with Crippen molar-refractivity contribution < 1.29 is 9.32 Å². The molecule has 0 aliphatic carbocycles. The van der Waals surface area contributed by atoms with E-state index in [2.05, 4.69) is 20.4 Å². The van der Waals surface area contributed by atoms with Gasteiger partial charge in [0.15, 0.2) is 5.82 Å². The van der Waals surface area contributed by atoms with Crippen LogP contribution in [0.1, 0.15) is 54.7 Å². The molecule has 0 radical (unpaired) electrons. The van der Waals surface area contributed by atoms with E-state index in [1.54, 1.807) is 19.2 Å². The maximum absolute atomic E-state index is 13.0. The maximum atomic E-state index is 13.0. The lowest BCUT2D eigenvalue weighted by atomic mass is 9.96. The van der Waals surface area contributed by atoms with Crippen molar-refractivity contribution in [3.05, 3.63) is 35.6 Å². The summed E-state index contributed by atoms with van der Waals surface area (Å²) in [4.78, 5) is 23.5. The lowest BCUT2D eigenvalue weighted by Gasteiger charge is -2.31. The molecule has 1 unspecified atom stereocenters. The van der Waals surface area contributed by atoms with E-state index in [-0.39, 0.29) is 17.9 Å². The van der Waals surface area contributed by atoms with E-state index in [0.29, 0.717) is 29.6 Å². The predicted octanol–water partition coefficient (Wildman–Crippen LogP) is 2.61. The van der Waals surface area contributed by atoms with Crippen LogP contribution in [0.5, 0.6) is 0 Å². The van der Waals surface area contributed by atoms with Crippen LogP contribution in [0.25, 0.3) is 0 Å². The summed E-state index contributed by atoms with van der Waals surface area (Å²) < 4.78 is 5.08. The van der Waals surface area contributed by atoms with Gasteiger partial charge in [-0.05, 0) is 38.8 Å². The number of piperidine rings is 1. The number of anilines is 1. The number of amides is 1. The summed E-state index contributed by atoms with van der Waals surface area (Å²) in [7, 11) is 0. The van der Waals surface area contributed by atoms with Crippen LogP contribution in [-0.2, 0) is 0 Å². The number of pyridine rings is 1. The predicted molar refractivity (Wildman–Crippen MR) is 89.9 cm³/mol. The Morgan fingerprint density at radius 1 is 1.46 bits per heavy atom. The van der Waals surface area contributed by atoms with Crippen LogP contribution in [-0.4, -0.2) is 45.1 Å². The second-order valence-corrected chi connectivity index (χ2v) is 6.46. The number of hydrogen-bond acceptors (Lipinski definition) is 6. The molecule has 1 atom stereocenters. The van der Waals surface area contributed by atoms with Crippen molar-refractivity contribution in [3.8, 4) is 0 Å². The number of carbonyl (C=O) groups is 1. The average molecular weight is 329 g/mol. The molecule has 7 heteroatoms. The minimum absolute atomic E-state index is 0.00355. The Hall–Kier alpha value is -2.44. The molecule has 1 aliphatic rings. The first-order valence-corrected chi connectivity index (χ1v) is 8.35. The Balaban J connectivity index is 1.77. The molecule has 0 bridgehead atoms. The molecular weight excluding hydrogens is 306 g/mol. The highest BCUT2D eigenvalue weighted by Crippen LogP contribution is 2.27. The van der Waals surface area contributed by atoms with Crippen LogP contribution in [0.4, 0.5) is 5.82 Å². The zero-order valence-electron chi connectivity index (χ0n) is 14.3. The molecule has 1 saturated heterocycles. The maximum Gasteiger partial charge on any atom is 0.257 e. The first-order chi connectivity index (χ1) is 11.5. The van der Waals surface area contributed by atoms with Crippen LogP contribution in [0.2, 0.25) is 0 Å². The quantitative estimate of drug-likeness (QED) is 0.928. The van der Waals surface area contributed by atoms with E-state index in [0.717, 1.165) is 19.4 Å². The Bertz CT molecular complexity index is 713. The van der Waals surface area contributed by atoms with E-state index >= 15 is 0 Å². The van der Waals surface area contributed by atoms with Gasteiger partial charge >= 0.3 is 0 Å². The van der Waals surface area contributed by atoms with Gasteiger partial charge in [-0.3, -0.25) is 4.79 Å². The van der Waals surface area contributed by atoms with Gasteiger partial charge in [-0.25, -0.2) is 4.98 Å². The highest BCUT2D eigenvalue weighted by Gasteiger charge is 2.29. The Labute approximate surface area is 141 Å². The number of hydrogen-bond donors (Lipinski definition) is 1. The Morgan fingerprint density at radius 3 is 3.00 bits per heavy atom. The van der Waals surface area contributed by atoms with Gasteiger partial charge in [-0.15, -0.1) is 0 Å². The van der Waals surface area contributed by atoms with E-state index < -0.39 is 0 Å². The normalized spacial score (nSPS) is 18.0. The van der Waals surface area contributed by atoms with Crippen molar-refractivity contribution in [1.82, 2.24) is 20.0 Å². The molecule has 2 aromatic heterocycles. The molecule has 1 amide bonds. The van der Waals surface area contributed by atoms with Gasteiger partial charge in [-0.2, -0.15) is 4.98 Å². The van der Waals surface area contributed by atoms with Crippen LogP contribution >= 0.6 is 0 Å². The van der Waals surface area contributed by atoms with Crippen LogP contribution < -0.4 is 5.32 Å². The van der Waals surface area contributed by atoms with Gasteiger partial charge in [0.1, 0.15) is 5.82 Å². The van der Waals surface area contributed by atoms with Crippen molar-refractivity contribution in [2.75, 3.05) is 18.4 Å². The van der Waals surface area contributed by atoms with Crippen molar-refractivity contribution in [1.29, 1.82) is 0 Å². The summed E-state index contributed by atoms with van der Waals surface area (Å²) >= 11 is 0. The first kappa shape index (κ1) is 16.4. The molecule has 0 spiro atoms. The first-order valence-electron chi connectivity index (χ1n) is 8.35. The number of carbonyl (C=O) groups excluding carboxylic acids is 1. The molecule has 1 N–H and O–H groups in total. The molecule has 0 aromatic carbocycles. The molecule has 1 fully saturated rings. The standard InChI is InChI=1S/C17H23N5O2/c1-11(2)19-16-14(7-4-8-18-16)17(23)22-9-5-6-13(10-22)15-20-12(3)24-21-15/h4,7-8,11,13H,5-6,9-10H2,1-3H3,(H,18,19). The minimum Gasteiger partial charge on any atom is -0.367 e. The summed E-state index contributed by atoms with van der Waals surface area (Å²) in [5.41, 5.74) is 0.608. The third-order valence-electron chi connectivity index (χ3n) is 4.08. The van der Waals surface area contributed by atoms with E-state index in [1.165, 1.54) is 0 Å². The fourth-order valence-corrected chi connectivity index (χ4v) is 2.99. The summed E-state index contributed by atoms with van der Waals surface area (Å²) in [6.45, 7) is 7.18. The van der Waals surface area contributed by atoms with E-state index in [4.69, 9.17) is 4.52 Å². The second kappa shape index (κ2) is 6.98. The van der Waals surface area contributed by atoms with Gasteiger partial charge in [0.25, 0.3) is 5.91 Å². The van der Waals surface area contributed by atoms with Crippen molar-refractivity contribution in [2.24, 2.45) is 0 Å². The average Bonchev–Trinajstić information content (AvgIpc) is 3.01. The van der Waals surface area contributed by atoms with Gasteiger partial charge in [0.05, 0.1) is 5.56 Å². The Morgan fingerprint density at radius 2 is 2.29 bits per heavy atom. The molecular formula is C17H23N5O2. The highest BCUT2D eigenvalue weighted by atomic mass is 16.5. The molecule has 128 valence electrons. The monoisotopic (exact) mass is 329 g/mol. The molecule has 3 heterocycles. The lowest BCUT2D eigenvalue weighted by Crippen LogP contribution is -2.39. The van der Waals surface area contributed by atoms with Crippen molar-refractivity contribution >= 4 is 11.7 Å². The van der Waals surface area contributed by atoms with E-state index in [1.807, 2.05) is 24.8 Å². The summed E-state index contributed by atoms with van der Waals surface area (Å²) in [6, 6.07) is 3.83. The second-order valence-electron chi connectivity index (χ2n) is 6.46. The number of likely N-dealkylation sites (tertiary alicyclic amines) is 1. The summed E-state index contributed by atoms with van der Waals surface area (Å²) in [5.74, 6) is 2.00. The fraction of sp³-hybridized carbons (Fsp3) is 0.529. The topological polar surface area (TPSA) is 84.2 Å². The SMILES string of the molecule is Cc1nc(C2CCCN(C(=O)c3cccnc3NC(C)C)C2)no1. The highest BCUT2D eigenvalue weighted by molar-refractivity contribution is 5.98. The zero-order valence-corrected chi connectivity index (χ0v) is 14.3.